The van der Waals surface area contributed by atoms with Gasteiger partial charge in [0.25, 0.3) is 11.1 Å². The molecule has 0 aliphatic carbocycles. The third kappa shape index (κ3) is 4.13. The molecule has 0 bridgehead atoms. The lowest BCUT2D eigenvalue weighted by atomic mass is 10.3. The van der Waals surface area contributed by atoms with Gasteiger partial charge < -0.3 is 13.4 Å². The molecule has 0 saturated carbocycles. The standard InChI is InChI=1S/C19H21N5O4S2/c1-3-4-8-24-16-6-5-13(30(20,25)26)10-15(16)21-17(24)11-29-19-23-22-18(28-19)14-7-9-27-12(14)2/h5-7,9-10H,3-4,8,11H2,1-2H3,(H2,20,25,26). The summed E-state index contributed by atoms with van der Waals surface area (Å²) in [5.74, 6) is 2.41. The minimum atomic E-state index is -3.79. The fourth-order valence-electron chi connectivity index (χ4n) is 3.12. The first-order valence-corrected chi connectivity index (χ1v) is 11.9. The molecule has 0 aliphatic heterocycles. The SMILES string of the molecule is CCCCn1c(CSc2nnc(-c3ccoc3C)o2)nc2cc(S(N)(=O)=O)ccc21. The number of aromatic nitrogens is 4. The summed E-state index contributed by atoms with van der Waals surface area (Å²) in [6.45, 7) is 4.73. The van der Waals surface area contributed by atoms with Crippen LogP contribution in [-0.4, -0.2) is 28.2 Å². The van der Waals surface area contributed by atoms with Crippen LogP contribution in [0.5, 0.6) is 0 Å². The average Bonchev–Trinajstić information content (AvgIpc) is 3.41. The van der Waals surface area contributed by atoms with Crippen LogP contribution in [0.2, 0.25) is 0 Å². The Balaban J connectivity index is 1.61. The highest BCUT2D eigenvalue weighted by molar-refractivity contribution is 7.98. The number of hydrogen-bond donors (Lipinski definition) is 1. The molecule has 0 aliphatic rings. The lowest BCUT2D eigenvalue weighted by molar-refractivity contribution is 0.463. The van der Waals surface area contributed by atoms with E-state index in [-0.39, 0.29) is 4.90 Å². The molecular formula is C19H21N5O4S2. The van der Waals surface area contributed by atoms with Gasteiger partial charge >= 0.3 is 0 Å². The number of sulfonamides is 1. The van der Waals surface area contributed by atoms with Gasteiger partial charge in [-0.1, -0.05) is 25.1 Å². The zero-order valence-electron chi connectivity index (χ0n) is 16.5. The summed E-state index contributed by atoms with van der Waals surface area (Å²) in [7, 11) is -3.79. The van der Waals surface area contributed by atoms with E-state index in [1.165, 1.54) is 23.9 Å². The highest BCUT2D eigenvalue weighted by atomic mass is 32.2. The van der Waals surface area contributed by atoms with E-state index in [1.54, 1.807) is 18.4 Å². The van der Waals surface area contributed by atoms with Crippen LogP contribution in [0.1, 0.15) is 31.4 Å². The summed E-state index contributed by atoms with van der Waals surface area (Å²) in [5, 5.41) is 13.9. The summed E-state index contributed by atoms with van der Waals surface area (Å²) in [5.41, 5.74) is 2.22. The van der Waals surface area contributed by atoms with E-state index in [4.69, 9.17) is 14.0 Å². The van der Waals surface area contributed by atoms with Crippen LogP contribution < -0.4 is 5.14 Å². The van der Waals surface area contributed by atoms with Gasteiger partial charge in [-0.25, -0.2) is 18.5 Å². The Kier molecular flexibility index (Phi) is 5.67. The summed E-state index contributed by atoms with van der Waals surface area (Å²) in [6.07, 6.45) is 3.58. The minimum Gasteiger partial charge on any atom is -0.469 e. The number of imidazole rings is 1. The van der Waals surface area contributed by atoms with Crippen molar-refractivity contribution in [3.63, 3.8) is 0 Å². The molecule has 11 heteroatoms. The van der Waals surface area contributed by atoms with E-state index < -0.39 is 10.0 Å². The minimum absolute atomic E-state index is 0.0476. The topological polar surface area (TPSA) is 130 Å². The summed E-state index contributed by atoms with van der Waals surface area (Å²) in [6, 6.07) is 6.55. The van der Waals surface area contributed by atoms with Crippen molar-refractivity contribution >= 4 is 32.8 Å². The van der Waals surface area contributed by atoms with Crippen LogP contribution in [-0.2, 0) is 22.3 Å². The van der Waals surface area contributed by atoms with E-state index in [0.717, 1.165) is 36.3 Å². The monoisotopic (exact) mass is 447 g/mol. The Morgan fingerprint density at radius 3 is 2.77 bits per heavy atom. The molecule has 0 saturated heterocycles. The van der Waals surface area contributed by atoms with Crippen molar-refractivity contribution in [2.45, 2.75) is 49.1 Å². The Labute approximate surface area is 177 Å². The average molecular weight is 448 g/mol. The lowest BCUT2D eigenvalue weighted by Crippen LogP contribution is -2.11. The van der Waals surface area contributed by atoms with Crippen molar-refractivity contribution in [1.29, 1.82) is 0 Å². The fraction of sp³-hybridized carbons (Fsp3) is 0.316. The molecule has 3 heterocycles. The zero-order chi connectivity index (χ0) is 21.3. The Bertz CT molecular complexity index is 1290. The second-order valence-electron chi connectivity index (χ2n) is 6.78. The molecule has 158 valence electrons. The molecule has 0 atom stereocenters. The zero-order valence-corrected chi connectivity index (χ0v) is 18.2. The van der Waals surface area contributed by atoms with Crippen molar-refractivity contribution in [2.24, 2.45) is 5.14 Å². The molecule has 0 radical (unpaired) electrons. The maximum atomic E-state index is 11.7. The molecule has 4 aromatic rings. The van der Waals surface area contributed by atoms with Gasteiger partial charge in [0.05, 0.1) is 33.5 Å². The Morgan fingerprint density at radius 2 is 2.07 bits per heavy atom. The number of unbranched alkanes of at least 4 members (excludes halogenated alkanes) is 1. The van der Waals surface area contributed by atoms with Gasteiger partial charge in [0.15, 0.2) is 0 Å². The molecule has 9 nitrogen and oxygen atoms in total. The van der Waals surface area contributed by atoms with Crippen LogP contribution in [0.15, 0.2) is 49.5 Å². The molecule has 0 spiro atoms. The summed E-state index contributed by atoms with van der Waals surface area (Å²) in [4.78, 5) is 4.69. The number of hydrogen-bond acceptors (Lipinski definition) is 8. The highest BCUT2D eigenvalue weighted by Crippen LogP contribution is 2.29. The van der Waals surface area contributed by atoms with Crippen molar-refractivity contribution in [3.05, 3.63) is 42.1 Å². The third-order valence-electron chi connectivity index (χ3n) is 4.68. The van der Waals surface area contributed by atoms with Crippen molar-refractivity contribution in [1.82, 2.24) is 19.7 Å². The van der Waals surface area contributed by atoms with Crippen molar-refractivity contribution in [2.75, 3.05) is 0 Å². The number of furan rings is 1. The first-order valence-electron chi connectivity index (χ1n) is 9.39. The molecular weight excluding hydrogens is 426 g/mol. The number of benzene rings is 1. The fourth-order valence-corrected chi connectivity index (χ4v) is 4.37. The van der Waals surface area contributed by atoms with Gasteiger partial charge in [0.1, 0.15) is 11.6 Å². The van der Waals surface area contributed by atoms with Gasteiger partial charge in [-0.15, -0.1) is 10.2 Å². The number of rotatable bonds is 8. The molecule has 0 unspecified atom stereocenters. The Hall–Kier alpha value is -2.63. The van der Waals surface area contributed by atoms with Gasteiger partial charge in [-0.05, 0) is 37.6 Å². The second-order valence-corrected chi connectivity index (χ2v) is 9.27. The molecule has 0 amide bonds. The van der Waals surface area contributed by atoms with Crippen LogP contribution in [0.4, 0.5) is 0 Å². The van der Waals surface area contributed by atoms with E-state index in [2.05, 4.69) is 26.7 Å². The predicted octanol–water partition coefficient (Wildman–Crippen LogP) is 3.73. The van der Waals surface area contributed by atoms with Gasteiger partial charge in [-0.2, -0.15) is 0 Å². The predicted molar refractivity (Wildman–Crippen MR) is 112 cm³/mol. The van der Waals surface area contributed by atoms with Gasteiger partial charge in [0, 0.05) is 6.54 Å². The first kappa shape index (κ1) is 20.6. The highest BCUT2D eigenvalue weighted by Gasteiger charge is 2.17. The third-order valence-corrected chi connectivity index (χ3v) is 6.41. The maximum Gasteiger partial charge on any atom is 0.277 e. The van der Waals surface area contributed by atoms with E-state index in [9.17, 15) is 8.42 Å². The van der Waals surface area contributed by atoms with Crippen molar-refractivity contribution < 1.29 is 17.3 Å². The number of nitrogens with two attached hydrogens (primary N) is 1. The quantitative estimate of drug-likeness (QED) is 0.404. The maximum absolute atomic E-state index is 11.7. The largest absolute Gasteiger partial charge is 0.469 e. The first-order chi connectivity index (χ1) is 14.4. The summed E-state index contributed by atoms with van der Waals surface area (Å²) < 4.78 is 36.5. The Morgan fingerprint density at radius 1 is 1.23 bits per heavy atom. The molecule has 2 N–H and O–H groups in total. The van der Waals surface area contributed by atoms with Crippen LogP contribution in [0, 0.1) is 6.92 Å². The van der Waals surface area contributed by atoms with Crippen LogP contribution in [0.3, 0.4) is 0 Å². The van der Waals surface area contributed by atoms with E-state index in [0.29, 0.717) is 28.1 Å². The number of nitrogens with zero attached hydrogens (tertiary/aromatic N) is 4. The summed E-state index contributed by atoms with van der Waals surface area (Å²) >= 11 is 1.37. The molecule has 30 heavy (non-hydrogen) atoms. The normalized spacial score (nSPS) is 12.1. The van der Waals surface area contributed by atoms with Crippen molar-refractivity contribution in [3.8, 4) is 11.5 Å². The van der Waals surface area contributed by atoms with Gasteiger partial charge in [-0.3, -0.25) is 0 Å². The van der Waals surface area contributed by atoms with E-state index in [1.807, 2.05) is 6.92 Å². The number of primary sulfonamides is 1. The van der Waals surface area contributed by atoms with Gasteiger partial charge in [0.2, 0.25) is 10.0 Å². The number of aryl methyl sites for hydroxylation is 2. The van der Waals surface area contributed by atoms with Crippen LogP contribution in [0.25, 0.3) is 22.5 Å². The molecule has 0 fully saturated rings. The van der Waals surface area contributed by atoms with E-state index >= 15 is 0 Å². The second kappa shape index (κ2) is 8.25. The number of thioether (sulfide) groups is 1. The lowest BCUT2D eigenvalue weighted by Gasteiger charge is -2.07. The molecule has 4 rings (SSSR count). The molecule has 1 aromatic carbocycles. The van der Waals surface area contributed by atoms with Crippen LogP contribution >= 0.6 is 11.8 Å². The molecule has 3 aromatic heterocycles. The number of fused-ring (bicyclic) bond motifs is 1. The smallest absolute Gasteiger partial charge is 0.277 e.